The number of halogens is 2. The van der Waals surface area contributed by atoms with Crippen molar-refractivity contribution >= 4 is 40.7 Å². The van der Waals surface area contributed by atoms with Gasteiger partial charge in [0, 0.05) is 19.8 Å². The zero-order valence-electron chi connectivity index (χ0n) is 10.8. The average molecular weight is 304 g/mol. The Kier molecular flexibility index (Phi) is 5.03. The Labute approximate surface area is 121 Å². The first-order valence-corrected chi connectivity index (χ1v) is 6.26. The molecule has 0 fully saturated rings. The molecule has 1 atom stereocenters. The number of nitrogens with one attached hydrogen (secondary N) is 1. The maximum absolute atomic E-state index is 12.0. The summed E-state index contributed by atoms with van der Waals surface area (Å²) in [6.45, 7) is 1.59. The molecular weight excluding hydrogens is 289 g/mol. The fraction of sp³-hybridized carbons (Fsp3) is 0.333. The van der Waals surface area contributed by atoms with E-state index in [9.17, 15) is 9.59 Å². The summed E-state index contributed by atoms with van der Waals surface area (Å²) in [6, 6.07) is 2.20. The number of carbonyl (C=O) groups excluding carboxylic acids is 2. The molecular formula is C12H15Cl2N3O2. The number of hydrogen-bond donors (Lipinski definition) is 2. The van der Waals surface area contributed by atoms with Crippen molar-refractivity contribution in [3.05, 3.63) is 27.7 Å². The lowest BCUT2D eigenvalue weighted by atomic mass is 10.1. The summed E-state index contributed by atoms with van der Waals surface area (Å²) in [7, 11) is 3.21. The number of nitrogen functional groups attached to an aromatic ring is 1. The van der Waals surface area contributed by atoms with Gasteiger partial charge in [-0.25, -0.2) is 0 Å². The average Bonchev–Trinajstić information content (AvgIpc) is 2.32. The van der Waals surface area contributed by atoms with Gasteiger partial charge in [-0.15, -0.1) is 0 Å². The number of nitrogens with two attached hydrogens (primary N) is 1. The normalized spacial score (nSPS) is 11.8. The van der Waals surface area contributed by atoms with Crippen molar-refractivity contribution in [2.24, 2.45) is 0 Å². The second kappa shape index (κ2) is 6.12. The van der Waals surface area contributed by atoms with E-state index in [2.05, 4.69) is 5.32 Å². The van der Waals surface area contributed by atoms with Crippen LogP contribution >= 0.6 is 23.2 Å². The van der Waals surface area contributed by atoms with Gasteiger partial charge in [-0.3, -0.25) is 9.59 Å². The van der Waals surface area contributed by atoms with Crippen LogP contribution in [0.15, 0.2) is 12.1 Å². The van der Waals surface area contributed by atoms with Gasteiger partial charge in [0.2, 0.25) is 5.91 Å². The summed E-state index contributed by atoms with van der Waals surface area (Å²) in [5.41, 5.74) is 6.08. The van der Waals surface area contributed by atoms with E-state index < -0.39 is 11.9 Å². The first-order valence-electron chi connectivity index (χ1n) is 5.50. The molecule has 1 aromatic rings. The standard InChI is InChI=1S/C12H15Cl2N3O2/c1-6(12(19)17(2)3)16-11(18)8-4-7(15)5-9(13)10(8)14/h4-6H,15H2,1-3H3,(H,16,18). The molecule has 1 unspecified atom stereocenters. The molecule has 0 spiro atoms. The molecule has 0 aromatic heterocycles. The summed E-state index contributed by atoms with van der Waals surface area (Å²) < 4.78 is 0. The Morgan fingerprint density at radius 2 is 1.89 bits per heavy atom. The monoisotopic (exact) mass is 303 g/mol. The molecule has 0 radical (unpaired) electrons. The van der Waals surface area contributed by atoms with Gasteiger partial charge in [-0.1, -0.05) is 23.2 Å². The van der Waals surface area contributed by atoms with E-state index in [0.29, 0.717) is 5.69 Å². The third-order valence-electron chi connectivity index (χ3n) is 2.45. The van der Waals surface area contributed by atoms with Gasteiger partial charge in [0.1, 0.15) is 6.04 Å². The lowest BCUT2D eigenvalue weighted by Crippen LogP contribution is -2.44. The number of carbonyl (C=O) groups is 2. The molecule has 0 aliphatic heterocycles. The number of likely N-dealkylation sites (N-methyl/N-ethyl adjacent to an activating group) is 1. The lowest BCUT2D eigenvalue weighted by Gasteiger charge is -2.18. The minimum Gasteiger partial charge on any atom is -0.399 e. The quantitative estimate of drug-likeness (QED) is 0.836. The molecule has 104 valence electrons. The van der Waals surface area contributed by atoms with Crippen molar-refractivity contribution in [3.63, 3.8) is 0 Å². The number of amides is 2. The second-order valence-corrected chi connectivity index (χ2v) is 5.08. The van der Waals surface area contributed by atoms with Gasteiger partial charge in [0.05, 0.1) is 15.6 Å². The predicted molar refractivity (Wildman–Crippen MR) is 76.5 cm³/mol. The predicted octanol–water partition coefficient (Wildman–Crippen LogP) is 1.78. The molecule has 1 aromatic carbocycles. The van der Waals surface area contributed by atoms with Crippen molar-refractivity contribution in [2.45, 2.75) is 13.0 Å². The van der Waals surface area contributed by atoms with E-state index in [1.165, 1.54) is 17.0 Å². The van der Waals surface area contributed by atoms with Gasteiger partial charge in [-0.05, 0) is 19.1 Å². The molecule has 5 nitrogen and oxygen atoms in total. The molecule has 0 aliphatic carbocycles. The Balaban J connectivity index is 2.93. The Hall–Kier alpha value is -1.46. The molecule has 0 saturated carbocycles. The maximum atomic E-state index is 12.0. The Bertz CT molecular complexity index is 518. The van der Waals surface area contributed by atoms with Crippen LogP contribution in [0.3, 0.4) is 0 Å². The molecule has 2 amide bonds. The largest absolute Gasteiger partial charge is 0.399 e. The van der Waals surface area contributed by atoms with Crippen molar-refractivity contribution in [2.75, 3.05) is 19.8 Å². The van der Waals surface area contributed by atoms with E-state index in [4.69, 9.17) is 28.9 Å². The second-order valence-electron chi connectivity index (χ2n) is 4.29. The van der Waals surface area contributed by atoms with Crippen LogP contribution in [-0.4, -0.2) is 36.9 Å². The summed E-state index contributed by atoms with van der Waals surface area (Å²) in [6.07, 6.45) is 0. The minimum atomic E-state index is -0.668. The van der Waals surface area contributed by atoms with E-state index in [1.807, 2.05) is 0 Å². The summed E-state index contributed by atoms with van der Waals surface area (Å²) in [5, 5.41) is 2.85. The van der Waals surface area contributed by atoms with Gasteiger partial charge in [0.15, 0.2) is 0 Å². The smallest absolute Gasteiger partial charge is 0.253 e. The number of rotatable bonds is 3. The molecule has 0 heterocycles. The number of hydrogen-bond acceptors (Lipinski definition) is 3. The van der Waals surface area contributed by atoms with Crippen LogP contribution in [0.4, 0.5) is 5.69 Å². The summed E-state index contributed by atoms with van der Waals surface area (Å²) in [5.74, 6) is -0.721. The number of benzene rings is 1. The SMILES string of the molecule is CC(NC(=O)c1cc(N)cc(Cl)c1Cl)C(=O)N(C)C. The molecule has 1 rings (SSSR count). The van der Waals surface area contributed by atoms with E-state index in [0.717, 1.165) is 0 Å². The van der Waals surface area contributed by atoms with Crippen molar-refractivity contribution in [1.29, 1.82) is 0 Å². The summed E-state index contributed by atoms with van der Waals surface area (Å²) in [4.78, 5) is 25.1. The van der Waals surface area contributed by atoms with E-state index in [-0.39, 0.29) is 21.5 Å². The molecule has 0 saturated heterocycles. The van der Waals surface area contributed by atoms with Gasteiger partial charge < -0.3 is 16.0 Å². The maximum Gasteiger partial charge on any atom is 0.253 e. The van der Waals surface area contributed by atoms with Crippen LogP contribution < -0.4 is 11.1 Å². The third-order valence-corrected chi connectivity index (χ3v) is 3.26. The van der Waals surface area contributed by atoms with Crippen LogP contribution in [-0.2, 0) is 4.79 Å². The summed E-state index contributed by atoms with van der Waals surface area (Å²) >= 11 is 11.8. The topological polar surface area (TPSA) is 75.4 Å². The molecule has 7 heteroatoms. The molecule has 19 heavy (non-hydrogen) atoms. The fourth-order valence-electron chi connectivity index (χ4n) is 1.50. The highest BCUT2D eigenvalue weighted by molar-refractivity contribution is 6.44. The molecule has 3 N–H and O–H groups in total. The fourth-order valence-corrected chi connectivity index (χ4v) is 1.92. The van der Waals surface area contributed by atoms with Crippen LogP contribution in [0.2, 0.25) is 10.0 Å². The van der Waals surface area contributed by atoms with E-state index in [1.54, 1.807) is 21.0 Å². The van der Waals surface area contributed by atoms with Crippen LogP contribution in [0.1, 0.15) is 17.3 Å². The van der Waals surface area contributed by atoms with Crippen LogP contribution in [0, 0.1) is 0 Å². The minimum absolute atomic E-state index is 0.109. The first kappa shape index (κ1) is 15.6. The Morgan fingerprint density at radius 3 is 2.42 bits per heavy atom. The van der Waals surface area contributed by atoms with Gasteiger partial charge >= 0.3 is 0 Å². The highest BCUT2D eigenvalue weighted by Crippen LogP contribution is 2.28. The van der Waals surface area contributed by atoms with Gasteiger partial charge in [-0.2, -0.15) is 0 Å². The lowest BCUT2D eigenvalue weighted by molar-refractivity contribution is -0.130. The first-order chi connectivity index (χ1) is 8.73. The van der Waals surface area contributed by atoms with E-state index >= 15 is 0 Å². The highest BCUT2D eigenvalue weighted by atomic mass is 35.5. The number of nitrogens with zero attached hydrogens (tertiary/aromatic N) is 1. The van der Waals surface area contributed by atoms with Crippen LogP contribution in [0.5, 0.6) is 0 Å². The molecule has 0 aliphatic rings. The number of anilines is 1. The zero-order chi connectivity index (χ0) is 14.7. The van der Waals surface area contributed by atoms with Gasteiger partial charge in [0.25, 0.3) is 5.91 Å². The third kappa shape index (κ3) is 3.75. The molecule has 0 bridgehead atoms. The van der Waals surface area contributed by atoms with Crippen molar-refractivity contribution in [3.8, 4) is 0 Å². The Morgan fingerprint density at radius 1 is 1.32 bits per heavy atom. The highest BCUT2D eigenvalue weighted by Gasteiger charge is 2.20. The zero-order valence-corrected chi connectivity index (χ0v) is 12.3. The van der Waals surface area contributed by atoms with Crippen LogP contribution in [0.25, 0.3) is 0 Å². The van der Waals surface area contributed by atoms with Crippen molar-refractivity contribution < 1.29 is 9.59 Å². The van der Waals surface area contributed by atoms with Crippen molar-refractivity contribution in [1.82, 2.24) is 10.2 Å².